The molecular weight excluding hydrogens is 188 g/mol. The first-order chi connectivity index (χ1) is 7.36. The van der Waals surface area contributed by atoms with Crippen LogP contribution in [0.4, 0.5) is 0 Å². The summed E-state index contributed by atoms with van der Waals surface area (Å²) in [6.07, 6.45) is 6.02. The molecule has 1 fully saturated rings. The molecule has 4 nitrogen and oxygen atoms in total. The smallest absolute Gasteiger partial charge is 0.154 e. The molecule has 2 aliphatic rings. The minimum absolute atomic E-state index is 0.677. The Balaban J connectivity index is 1.76. The van der Waals surface area contributed by atoms with Crippen LogP contribution in [0.3, 0.4) is 0 Å². The Morgan fingerprint density at radius 3 is 2.93 bits per heavy atom. The van der Waals surface area contributed by atoms with Crippen molar-refractivity contribution in [2.45, 2.75) is 44.6 Å². The van der Waals surface area contributed by atoms with Crippen LogP contribution in [0.2, 0.25) is 0 Å². The van der Waals surface area contributed by atoms with Gasteiger partial charge in [-0.25, -0.2) is 9.67 Å². The average molecular weight is 206 g/mol. The molecule has 4 heteroatoms. The Hall–Kier alpha value is -0.900. The quantitative estimate of drug-likeness (QED) is 0.804. The number of rotatable bonds is 3. The van der Waals surface area contributed by atoms with Crippen LogP contribution in [0.1, 0.15) is 43.3 Å². The fraction of sp³-hybridized carbons (Fsp3) is 0.818. The number of nitrogens with zero attached hydrogens (tertiary/aromatic N) is 3. The number of aryl methyl sites for hydroxylation is 1. The number of hydrogen-bond donors (Lipinski definition) is 1. The standard InChI is InChI=1S/C11H18N4/c12-6-5-8-1-4-10-13-11(9-2-3-9)14-15(10)7-8/h8-9H,1-7,12H2. The molecule has 0 aromatic carbocycles. The largest absolute Gasteiger partial charge is 0.330 e. The fourth-order valence-corrected chi connectivity index (χ4v) is 2.38. The summed E-state index contributed by atoms with van der Waals surface area (Å²) in [6, 6.07) is 0. The van der Waals surface area contributed by atoms with Gasteiger partial charge in [-0.2, -0.15) is 5.10 Å². The molecule has 0 amide bonds. The van der Waals surface area contributed by atoms with Crippen molar-refractivity contribution < 1.29 is 0 Å². The molecule has 0 spiro atoms. The van der Waals surface area contributed by atoms with Gasteiger partial charge in [0.25, 0.3) is 0 Å². The highest BCUT2D eigenvalue weighted by molar-refractivity contribution is 5.07. The number of hydrogen-bond acceptors (Lipinski definition) is 3. The molecule has 82 valence electrons. The van der Waals surface area contributed by atoms with Crippen LogP contribution >= 0.6 is 0 Å². The Morgan fingerprint density at radius 1 is 1.33 bits per heavy atom. The predicted octanol–water partition coefficient (Wildman–Crippen LogP) is 1.07. The fourth-order valence-electron chi connectivity index (χ4n) is 2.38. The van der Waals surface area contributed by atoms with Crippen LogP contribution in [0.15, 0.2) is 0 Å². The lowest BCUT2D eigenvalue weighted by molar-refractivity contribution is 0.328. The van der Waals surface area contributed by atoms with Gasteiger partial charge in [0, 0.05) is 18.9 Å². The summed E-state index contributed by atoms with van der Waals surface area (Å²) in [4.78, 5) is 4.63. The Morgan fingerprint density at radius 2 is 2.20 bits per heavy atom. The van der Waals surface area contributed by atoms with Crippen molar-refractivity contribution in [2.75, 3.05) is 6.54 Å². The van der Waals surface area contributed by atoms with Gasteiger partial charge in [-0.15, -0.1) is 0 Å². The third-order valence-electron chi connectivity index (χ3n) is 3.49. The maximum Gasteiger partial charge on any atom is 0.154 e. The summed E-state index contributed by atoms with van der Waals surface area (Å²) in [5.41, 5.74) is 5.60. The molecule has 1 atom stereocenters. The zero-order valence-corrected chi connectivity index (χ0v) is 9.02. The summed E-state index contributed by atoms with van der Waals surface area (Å²) >= 11 is 0. The molecule has 1 aliphatic carbocycles. The number of fused-ring (bicyclic) bond motifs is 1. The van der Waals surface area contributed by atoms with Crippen LogP contribution in [0, 0.1) is 5.92 Å². The van der Waals surface area contributed by atoms with E-state index in [9.17, 15) is 0 Å². The lowest BCUT2D eigenvalue weighted by Crippen LogP contribution is -2.23. The highest BCUT2D eigenvalue weighted by atomic mass is 15.4. The molecule has 1 aliphatic heterocycles. The molecular formula is C11H18N4. The lowest BCUT2D eigenvalue weighted by Gasteiger charge is -2.21. The van der Waals surface area contributed by atoms with Crippen molar-refractivity contribution in [3.8, 4) is 0 Å². The third-order valence-corrected chi connectivity index (χ3v) is 3.49. The highest BCUT2D eigenvalue weighted by Crippen LogP contribution is 2.38. The first kappa shape index (κ1) is 9.33. The summed E-state index contributed by atoms with van der Waals surface area (Å²) in [5, 5.41) is 4.61. The van der Waals surface area contributed by atoms with Crippen LogP contribution in [-0.2, 0) is 13.0 Å². The lowest BCUT2D eigenvalue weighted by atomic mass is 9.96. The van der Waals surface area contributed by atoms with Crippen LogP contribution in [0.5, 0.6) is 0 Å². The molecule has 0 saturated heterocycles. The van der Waals surface area contributed by atoms with E-state index in [0.717, 1.165) is 37.7 Å². The van der Waals surface area contributed by atoms with Crippen LogP contribution in [-0.4, -0.2) is 21.3 Å². The molecule has 0 bridgehead atoms. The summed E-state index contributed by atoms with van der Waals surface area (Å²) in [5.74, 6) is 3.69. The monoisotopic (exact) mass is 206 g/mol. The molecule has 15 heavy (non-hydrogen) atoms. The predicted molar refractivity (Wildman–Crippen MR) is 57.5 cm³/mol. The van der Waals surface area contributed by atoms with Gasteiger partial charge >= 0.3 is 0 Å². The zero-order valence-electron chi connectivity index (χ0n) is 9.02. The molecule has 2 N–H and O–H groups in total. The van der Waals surface area contributed by atoms with Crippen molar-refractivity contribution in [1.29, 1.82) is 0 Å². The average Bonchev–Trinajstić information content (AvgIpc) is 2.99. The molecule has 1 aromatic rings. The zero-order chi connectivity index (χ0) is 10.3. The van der Waals surface area contributed by atoms with Gasteiger partial charge in [0.2, 0.25) is 0 Å². The second-order valence-corrected chi connectivity index (χ2v) is 4.82. The van der Waals surface area contributed by atoms with E-state index in [1.165, 1.54) is 25.1 Å². The molecule has 1 aromatic heterocycles. The first-order valence-corrected chi connectivity index (χ1v) is 6.00. The van der Waals surface area contributed by atoms with Gasteiger partial charge in [0.05, 0.1) is 0 Å². The second kappa shape index (κ2) is 3.59. The Bertz CT molecular complexity index is 353. The van der Waals surface area contributed by atoms with Gasteiger partial charge in [0.15, 0.2) is 5.82 Å². The van der Waals surface area contributed by atoms with E-state index in [1.54, 1.807) is 0 Å². The van der Waals surface area contributed by atoms with E-state index in [-0.39, 0.29) is 0 Å². The SMILES string of the molecule is NCCC1CCc2nc(C3CC3)nn2C1. The van der Waals surface area contributed by atoms with Crippen LogP contribution in [0.25, 0.3) is 0 Å². The molecule has 0 radical (unpaired) electrons. The summed E-state index contributed by atoms with van der Waals surface area (Å²) in [7, 11) is 0. The molecule has 3 rings (SSSR count). The van der Waals surface area contributed by atoms with Crippen molar-refractivity contribution >= 4 is 0 Å². The van der Waals surface area contributed by atoms with Crippen molar-refractivity contribution in [3.05, 3.63) is 11.6 Å². The number of nitrogens with two attached hydrogens (primary N) is 1. The first-order valence-electron chi connectivity index (χ1n) is 6.00. The topological polar surface area (TPSA) is 56.7 Å². The van der Waals surface area contributed by atoms with Crippen molar-refractivity contribution in [3.63, 3.8) is 0 Å². The van der Waals surface area contributed by atoms with E-state index in [1.807, 2.05) is 0 Å². The van der Waals surface area contributed by atoms with E-state index in [2.05, 4.69) is 14.8 Å². The van der Waals surface area contributed by atoms with Gasteiger partial charge in [-0.05, 0) is 38.1 Å². The summed E-state index contributed by atoms with van der Waals surface area (Å²) in [6.45, 7) is 1.83. The second-order valence-electron chi connectivity index (χ2n) is 4.82. The number of aromatic nitrogens is 3. The third kappa shape index (κ3) is 1.78. The summed E-state index contributed by atoms with van der Waals surface area (Å²) < 4.78 is 2.12. The van der Waals surface area contributed by atoms with E-state index >= 15 is 0 Å². The van der Waals surface area contributed by atoms with Crippen molar-refractivity contribution in [1.82, 2.24) is 14.8 Å². The van der Waals surface area contributed by atoms with Gasteiger partial charge in [-0.3, -0.25) is 0 Å². The molecule has 1 saturated carbocycles. The normalized spacial score (nSPS) is 25.3. The van der Waals surface area contributed by atoms with Gasteiger partial charge < -0.3 is 5.73 Å². The minimum atomic E-state index is 0.677. The Kier molecular flexibility index (Phi) is 2.24. The van der Waals surface area contributed by atoms with E-state index in [0.29, 0.717) is 5.92 Å². The maximum atomic E-state index is 5.60. The van der Waals surface area contributed by atoms with E-state index < -0.39 is 0 Å². The van der Waals surface area contributed by atoms with Gasteiger partial charge in [0.1, 0.15) is 5.82 Å². The maximum absolute atomic E-state index is 5.60. The van der Waals surface area contributed by atoms with E-state index in [4.69, 9.17) is 5.73 Å². The van der Waals surface area contributed by atoms with Crippen LogP contribution < -0.4 is 5.73 Å². The van der Waals surface area contributed by atoms with Gasteiger partial charge in [-0.1, -0.05) is 0 Å². The minimum Gasteiger partial charge on any atom is -0.330 e. The molecule has 2 heterocycles. The van der Waals surface area contributed by atoms with Crippen molar-refractivity contribution in [2.24, 2.45) is 11.7 Å². The molecule has 1 unspecified atom stereocenters. The highest BCUT2D eigenvalue weighted by Gasteiger charge is 2.30. The Labute approximate surface area is 89.9 Å².